The van der Waals surface area contributed by atoms with Gasteiger partial charge >= 0.3 is 0 Å². The predicted octanol–water partition coefficient (Wildman–Crippen LogP) is 3.45. The average molecular weight is 419 g/mol. The van der Waals surface area contributed by atoms with E-state index in [0.29, 0.717) is 11.6 Å². The highest BCUT2D eigenvalue weighted by Gasteiger charge is 2.20. The first-order chi connectivity index (χ1) is 11.7. The van der Waals surface area contributed by atoms with Crippen molar-refractivity contribution in [1.82, 2.24) is 9.62 Å². The summed E-state index contributed by atoms with van der Waals surface area (Å²) < 4.78 is 25.6. The number of hydrogen-bond acceptors (Lipinski definition) is 5. The summed E-state index contributed by atoms with van der Waals surface area (Å²) in [5, 5.41) is 3.13. The number of nitrogens with zero attached hydrogens (tertiary/aromatic N) is 1. The van der Waals surface area contributed by atoms with Gasteiger partial charge in [0.15, 0.2) is 0 Å². The van der Waals surface area contributed by atoms with Gasteiger partial charge in [0.05, 0.1) is 16.8 Å². The lowest BCUT2D eigenvalue weighted by atomic mass is 10.4. The fraction of sp³-hybridized carbons (Fsp3) is 0.312. The molecule has 0 fully saturated rings. The van der Waals surface area contributed by atoms with E-state index < -0.39 is 10.0 Å². The number of carbonyl (C=O) groups is 1. The van der Waals surface area contributed by atoms with Crippen LogP contribution >= 0.6 is 34.7 Å². The Morgan fingerprint density at radius 1 is 1.28 bits per heavy atom. The molecule has 1 heterocycles. The van der Waals surface area contributed by atoms with Crippen LogP contribution in [0, 0.1) is 0 Å². The lowest BCUT2D eigenvalue weighted by molar-refractivity contribution is -0.120. The first-order valence-electron chi connectivity index (χ1n) is 7.42. The fourth-order valence-corrected chi connectivity index (χ4v) is 5.52. The van der Waals surface area contributed by atoms with E-state index in [0.717, 1.165) is 21.1 Å². The Morgan fingerprint density at radius 2 is 1.96 bits per heavy atom. The number of amides is 1. The molecule has 1 N–H and O–H groups in total. The van der Waals surface area contributed by atoms with Crippen LogP contribution in [0.3, 0.4) is 0 Å². The summed E-state index contributed by atoms with van der Waals surface area (Å²) in [7, 11) is -0.456. The Morgan fingerprint density at radius 3 is 2.60 bits per heavy atom. The van der Waals surface area contributed by atoms with Crippen LogP contribution in [-0.2, 0) is 21.4 Å². The Labute approximate surface area is 161 Å². The van der Waals surface area contributed by atoms with Crippen molar-refractivity contribution in [3.63, 3.8) is 0 Å². The van der Waals surface area contributed by atoms with Crippen LogP contribution < -0.4 is 5.32 Å². The Bertz CT molecular complexity index is 850. The Kier molecular flexibility index (Phi) is 6.93. The van der Waals surface area contributed by atoms with Gasteiger partial charge in [-0.1, -0.05) is 23.7 Å². The lowest BCUT2D eigenvalue weighted by Crippen LogP contribution is -2.30. The van der Waals surface area contributed by atoms with Gasteiger partial charge in [-0.25, -0.2) is 12.7 Å². The molecular weight excluding hydrogens is 400 g/mol. The molecule has 0 spiro atoms. The monoisotopic (exact) mass is 418 g/mol. The summed E-state index contributed by atoms with van der Waals surface area (Å²) in [4.78, 5) is 13.9. The van der Waals surface area contributed by atoms with E-state index in [1.165, 1.54) is 30.2 Å². The number of carbonyl (C=O) groups excluding carboxylic acids is 1. The minimum absolute atomic E-state index is 0.129. The van der Waals surface area contributed by atoms with Crippen molar-refractivity contribution in [3.05, 3.63) is 46.3 Å². The van der Waals surface area contributed by atoms with Gasteiger partial charge in [0, 0.05) is 23.9 Å². The first kappa shape index (κ1) is 20.3. The molecule has 2 aromatic rings. The van der Waals surface area contributed by atoms with Gasteiger partial charge in [0.2, 0.25) is 5.91 Å². The Balaban J connectivity index is 1.94. The standard InChI is InChI=1S/C16H19ClN2O3S3/c1-11(23-14-7-5-4-6-13(14)17)16(20)18-10-12-8-9-15(24-12)25(21,22)19(2)3/h4-9,11H,10H2,1-3H3,(H,18,20). The third-order valence-corrected chi connectivity index (χ3v) is 8.31. The van der Waals surface area contributed by atoms with Crippen molar-refractivity contribution in [3.8, 4) is 0 Å². The second-order valence-corrected chi connectivity index (χ2v) is 10.8. The number of benzene rings is 1. The summed E-state index contributed by atoms with van der Waals surface area (Å²) in [5.41, 5.74) is 0. The molecule has 136 valence electrons. The smallest absolute Gasteiger partial charge is 0.252 e. The van der Waals surface area contributed by atoms with Crippen molar-refractivity contribution in [2.24, 2.45) is 0 Å². The molecule has 0 saturated carbocycles. The topological polar surface area (TPSA) is 66.5 Å². The van der Waals surface area contributed by atoms with Crippen LogP contribution in [0.2, 0.25) is 5.02 Å². The maximum absolute atomic E-state index is 12.2. The molecule has 25 heavy (non-hydrogen) atoms. The lowest BCUT2D eigenvalue weighted by Gasteiger charge is -2.12. The molecule has 9 heteroatoms. The zero-order valence-electron chi connectivity index (χ0n) is 14.0. The number of thiophene rings is 1. The van der Waals surface area contributed by atoms with Crippen LogP contribution in [0.1, 0.15) is 11.8 Å². The van der Waals surface area contributed by atoms with E-state index in [-0.39, 0.29) is 15.4 Å². The second-order valence-electron chi connectivity index (χ2n) is 5.42. The third-order valence-electron chi connectivity index (χ3n) is 3.32. The normalized spacial score (nSPS) is 13.0. The van der Waals surface area contributed by atoms with Crippen LogP contribution in [0.25, 0.3) is 0 Å². The molecular formula is C16H19ClN2O3S3. The number of sulfonamides is 1. The molecule has 0 saturated heterocycles. The largest absolute Gasteiger partial charge is 0.350 e. The van der Waals surface area contributed by atoms with E-state index in [1.54, 1.807) is 25.1 Å². The molecule has 0 aliphatic carbocycles. The zero-order chi connectivity index (χ0) is 18.6. The number of nitrogens with one attached hydrogen (secondary N) is 1. The van der Waals surface area contributed by atoms with E-state index in [9.17, 15) is 13.2 Å². The quantitative estimate of drug-likeness (QED) is 0.699. The first-order valence-corrected chi connectivity index (χ1v) is 10.9. The maximum Gasteiger partial charge on any atom is 0.252 e. The average Bonchev–Trinajstić information content (AvgIpc) is 3.04. The van der Waals surface area contributed by atoms with Crippen molar-refractivity contribution in [2.45, 2.75) is 27.8 Å². The SMILES string of the molecule is CC(Sc1ccccc1Cl)C(=O)NCc1ccc(S(=O)(=O)N(C)C)s1. The molecule has 1 aromatic carbocycles. The van der Waals surface area contributed by atoms with Gasteiger partial charge in [-0.3, -0.25) is 4.79 Å². The minimum Gasteiger partial charge on any atom is -0.350 e. The van der Waals surface area contributed by atoms with Gasteiger partial charge in [0.25, 0.3) is 10.0 Å². The summed E-state index contributed by atoms with van der Waals surface area (Å²) in [5.74, 6) is -0.129. The summed E-state index contributed by atoms with van der Waals surface area (Å²) in [6, 6.07) is 10.6. The molecule has 0 aliphatic rings. The number of rotatable bonds is 7. The molecule has 1 unspecified atom stereocenters. The third kappa shape index (κ3) is 5.21. The van der Waals surface area contributed by atoms with E-state index in [2.05, 4.69) is 5.32 Å². The van der Waals surface area contributed by atoms with Crippen LogP contribution in [0.5, 0.6) is 0 Å². The van der Waals surface area contributed by atoms with Crippen molar-refractivity contribution in [1.29, 1.82) is 0 Å². The van der Waals surface area contributed by atoms with Gasteiger partial charge in [-0.05, 0) is 31.2 Å². The highest BCUT2D eigenvalue weighted by Crippen LogP contribution is 2.30. The van der Waals surface area contributed by atoms with E-state index >= 15 is 0 Å². The van der Waals surface area contributed by atoms with Crippen LogP contribution in [0.4, 0.5) is 0 Å². The van der Waals surface area contributed by atoms with Crippen molar-refractivity contribution in [2.75, 3.05) is 14.1 Å². The highest BCUT2D eigenvalue weighted by molar-refractivity contribution is 8.00. The van der Waals surface area contributed by atoms with E-state index in [4.69, 9.17) is 11.6 Å². The molecule has 5 nitrogen and oxygen atoms in total. The van der Waals surface area contributed by atoms with Gasteiger partial charge in [-0.15, -0.1) is 23.1 Å². The molecule has 1 amide bonds. The summed E-state index contributed by atoms with van der Waals surface area (Å²) >= 11 is 8.64. The van der Waals surface area contributed by atoms with Gasteiger partial charge in [-0.2, -0.15) is 0 Å². The van der Waals surface area contributed by atoms with Crippen LogP contribution in [-0.4, -0.2) is 38.0 Å². The predicted molar refractivity (Wildman–Crippen MR) is 104 cm³/mol. The zero-order valence-corrected chi connectivity index (χ0v) is 17.2. The molecule has 1 atom stereocenters. The molecule has 0 radical (unpaired) electrons. The minimum atomic E-state index is -3.44. The van der Waals surface area contributed by atoms with Gasteiger partial charge in [0.1, 0.15) is 4.21 Å². The number of hydrogen-bond donors (Lipinski definition) is 1. The molecule has 1 aromatic heterocycles. The summed E-state index contributed by atoms with van der Waals surface area (Å²) in [6.45, 7) is 2.10. The number of thioether (sulfide) groups is 1. The van der Waals surface area contributed by atoms with Crippen molar-refractivity contribution >= 4 is 50.6 Å². The molecule has 2 rings (SSSR count). The van der Waals surface area contributed by atoms with Crippen molar-refractivity contribution < 1.29 is 13.2 Å². The van der Waals surface area contributed by atoms with Gasteiger partial charge < -0.3 is 5.32 Å². The molecule has 0 aliphatic heterocycles. The molecule has 0 bridgehead atoms. The number of halogens is 1. The fourth-order valence-electron chi connectivity index (χ4n) is 1.87. The highest BCUT2D eigenvalue weighted by atomic mass is 35.5. The maximum atomic E-state index is 12.2. The Hall–Kier alpha value is -1.06. The van der Waals surface area contributed by atoms with Crippen LogP contribution in [0.15, 0.2) is 45.5 Å². The summed E-state index contributed by atoms with van der Waals surface area (Å²) in [6.07, 6.45) is 0. The second kappa shape index (κ2) is 8.55. The van der Waals surface area contributed by atoms with E-state index in [1.807, 2.05) is 18.2 Å².